The highest BCUT2D eigenvalue weighted by molar-refractivity contribution is 5.91. The first-order valence-corrected chi connectivity index (χ1v) is 6.71. The third-order valence-electron chi connectivity index (χ3n) is 3.74. The third kappa shape index (κ3) is 2.18. The number of carbonyl (C=O) groups is 2. The minimum absolute atomic E-state index is 0.152. The maximum atomic E-state index is 11.4. The first kappa shape index (κ1) is 13.4. The summed E-state index contributed by atoms with van der Waals surface area (Å²) in [7, 11) is 0. The van der Waals surface area contributed by atoms with Crippen LogP contribution in [0.2, 0.25) is 0 Å². The van der Waals surface area contributed by atoms with Gasteiger partial charge in [-0.2, -0.15) is 0 Å². The number of carboxylic acid groups (broad SMARTS) is 2. The fourth-order valence-electron chi connectivity index (χ4n) is 2.84. The highest BCUT2D eigenvalue weighted by Crippen LogP contribution is 2.34. The van der Waals surface area contributed by atoms with E-state index in [0.717, 1.165) is 5.56 Å². The van der Waals surface area contributed by atoms with Crippen LogP contribution in [0.3, 0.4) is 0 Å². The molecule has 2 N–H and O–H groups in total. The first-order valence-electron chi connectivity index (χ1n) is 6.71. The molecule has 0 amide bonds. The minimum atomic E-state index is -1.19. The van der Waals surface area contributed by atoms with Crippen LogP contribution in [0, 0.1) is 0 Å². The molecule has 6 heteroatoms. The van der Waals surface area contributed by atoms with Gasteiger partial charge in [-0.05, 0) is 12.8 Å². The van der Waals surface area contributed by atoms with Gasteiger partial charge >= 0.3 is 11.9 Å². The SMILES string of the molecule is O=C(O)c1nc(-c2ccccc2)n2c1C(C(=O)O)CCC2. The van der Waals surface area contributed by atoms with Gasteiger partial charge in [0.15, 0.2) is 5.69 Å². The lowest BCUT2D eigenvalue weighted by Gasteiger charge is -2.22. The molecule has 0 bridgehead atoms. The predicted molar refractivity (Wildman–Crippen MR) is 74.2 cm³/mol. The molecule has 1 aliphatic heterocycles. The van der Waals surface area contributed by atoms with Crippen molar-refractivity contribution < 1.29 is 19.8 Å². The number of aliphatic carboxylic acids is 1. The van der Waals surface area contributed by atoms with Crippen molar-refractivity contribution in [2.24, 2.45) is 0 Å². The van der Waals surface area contributed by atoms with E-state index in [4.69, 9.17) is 0 Å². The molecule has 21 heavy (non-hydrogen) atoms. The van der Waals surface area contributed by atoms with Gasteiger partial charge in [-0.15, -0.1) is 0 Å². The predicted octanol–water partition coefficient (Wildman–Crippen LogP) is 2.21. The molecule has 0 saturated carbocycles. The summed E-state index contributed by atoms with van der Waals surface area (Å²) in [6.07, 6.45) is 1.13. The minimum Gasteiger partial charge on any atom is -0.481 e. The Morgan fingerprint density at radius 2 is 1.90 bits per heavy atom. The summed E-state index contributed by atoms with van der Waals surface area (Å²) >= 11 is 0. The van der Waals surface area contributed by atoms with Crippen molar-refractivity contribution in [3.8, 4) is 11.4 Å². The van der Waals surface area contributed by atoms with Gasteiger partial charge in [0.25, 0.3) is 0 Å². The molecule has 3 rings (SSSR count). The van der Waals surface area contributed by atoms with Crippen LogP contribution < -0.4 is 0 Å². The fourth-order valence-corrected chi connectivity index (χ4v) is 2.84. The Kier molecular flexibility index (Phi) is 3.21. The van der Waals surface area contributed by atoms with E-state index in [1.165, 1.54) is 0 Å². The number of imidazole rings is 1. The molecule has 1 aromatic carbocycles. The quantitative estimate of drug-likeness (QED) is 0.902. The molecule has 0 radical (unpaired) electrons. The molecule has 2 heterocycles. The summed E-state index contributed by atoms with van der Waals surface area (Å²) < 4.78 is 1.74. The summed E-state index contributed by atoms with van der Waals surface area (Å²) in [6, 6.07) is 9.22. The van der Waals surface area contributed by atoms with Crippen LogP contribution in [0.1, 0.15) is 34.9 Å². The second kappa shape index (κ2) is 5.05. The lowest BCUT2D eigenvalue weighted by Crippen LogP contribution is -2.24. The number of rotatable bonds is 3. The van der Waals surface area contributed by atoms with E-state index in [9.17, 15) is 19.8 Å². The molecule has 0 spiro atoms. The Labute approximate surface area is 120 Å². The Morgan fingerprint density at radius 3 is 2.52 bits per heavy atom. The smallest absolute Gasteiger partial charge is 0.356 e. The number of fused-ring (bicyclic) bond motifs is 1. The average Bonchev–Trinajstić information content (AvgIpc) is 2.87. The molecule has 0 fully saturated rings. The average molecular weight is 286 g/mol. The van der Waals surface area contributed by atoms with Crippen LogP contribution >= 0.6 is 0 Å². The van der Waals surface area contributed by atoms with E-state index in [0.29, 0.717) is 30.9 Å². The Balaban J connectivity index is 2.23. The summed E-state index contributed by atoms with van der Waals surface area (Å²) in [5.74, 6) is -2.48. The highest BCUT2D eigenvalue weighted by Gasteiger charge is 2.34. The van der Waals surface area contributed by atoms with Crippen molar-refractivity contribution >= 4 is 11.9 Å². The molecule has 1 unspecified atom stereocenters. The lowest BCUT2D eigenvalue weighted by atomic mass is 9.94. The third-order valence-corrected chi connectivity index (χ3v) is 3.74. The van der Waals surface area contributed by atoms with Crippen LogP contribution in [0.5, 0.6) is 0 Å². The fraction of sp³-hybridized carbons (Fsp3) is 0.267. The molecule has 1 aliphatic rings. The van der Waals surface area contributed by atoms with E-state index >= 15 is 0 Å². The van der Waals surface area contributed by atoms with E-state index in [1.807, 2.05) is 30.3 Å². The Morgan fingerprint density at radius 1 is 1.19 bits per heavy atom. The summed E-state index contributed by atoms with van der Waals surface area (Å²) in [5, 5.41) is 18.7. The van der Waals surface area contributed by atoms with Crippen molar-refractivity contribution in [3.05, 3.63) is 41.7 Å². The van der Waals surface area contributed by atoms with Gasteiger partial charge in [0, 0.05) is 12.1 Å². The van der Waals surface area contributed by atoms with Crippen LogP contribution in [0.4, 0.5) is 0 Å². The molecule has 0 aliphatic carbocycles. The highest BCUT2D eigenvalue weighted by atomic mass is 16.4. The van der Waals surface area contributed by atoms with E-state index in [2.05, 4.69) is 4.98 Å². The van der Waals surface area contributed by atoms with Gasteiger partial charge in [-0.1, -0.05) is 30.3 Å². The van der Waals surface area contributed by atoms with Crippen LogP contribution in [0.25, 0.3) is 11.4 Å². The van der Waals surface area contributed by atoms with Gasteiger partial charge < -0.3 is 14.8 Å². The van der Waals surface area contributed by atoms with E-state index < -0.39 is 17.9 Å². The zero-order chi connectivity index (χ0) is 15.0. The van der Waals surface area contributed by atoms with Crippen molar-refractivity contribution in [2.45, 2.75) is 25.3 Å². The van der Waals surface area contributed by atoms with Crippen molar-refractivity contribution in [1.82, 2.24) is 9.55 Å². The van der Waals surface area contributed by atoms with Gasteiger partial charge in [-0.3, -0.25) is 4.79 Å². The first-order chi connectivity index (χ1) is 10.1. The Hall–Kier alpha value is -2.63. The number of benzene rings is 1. The second-order valence-electron chi connectivity index (χ2n) is 5.03. The number of nitrogens with zero attached hydrogens (tertiary/aromatic N) is 2. The van der Waals surface area contributed by atoms with E-state index in [1.54, 1.807) is 4.57 Å². The standard InChI is InChI=1S/C15H14N2O4/c18-14(19)10-7-4-8-17-12(10)11(15(20)21)16-13(17)9-5-2-1-3-6-9/h1-3,5-6,10H,4,7-8H2,(H,18,19)(H,20,21). The monoisotopic (exact) mass is 286 g/mol. The number of aromatic carboxylic acids is 1. The van der Waals surface area contributed by atoms with Crippen molar-refractivity contribution in [3.63, 3.8) is 0 Å². The zero-order valence-electron chi connectivity index (χ0n) is 11.2. The molecule has 6 nitrogen and oxygen atoms in total. The number of aromatic nitrogens is 2. The van der Waals surface area contributed by atoms with Crippen molar-refractivity contribution in [1.29, 1.82) is 0 Å². The summed E-state index contributed by atoms with van der Waals surface area (Å²) in [6.45, 7) is 0.587. The maximum absolute atomic E-state index is 11.4. The largest absolute Gasteiger partial charge is 0.481 e. The number of hydrogen-bond donors (Lipinski definition) is 2. The molecule has 1 aromatic heterocycles. The Bertz CT molecular complexity index is 706. The normalized spacial score (nSPS) is 17.2. The van der Waals surface area contributed by atoms with Crippen molar-refractivity contribution in [2.75, 3.05) is 0 Å². The van der Waals surface area contributed by atoms with E-state index in [-0.39, 0.29) is 5.69 Å². The lowest BCUT2D eigenvalue weighted by molar-refractivity contribution is -0.139. The summed E-state index contributed by atoms with van der Waals surface area (Å²) in [5.41, 5.74) is 0.943. The molecular formula is C15H14N2O4. The topological polar surface area (TPSA) is 92.4 Å². The van der Waals surface area contributed by atoms with Gasteiger partial charge in [0.1, 0.15) is 5.82 Å². The van der Waals surface area contributed by atoms with Crippen LogP contribution in [-0.4, -0.2) is 31.7 Å². The zero-order valence-corrected chi connectivity index (χ0v) is 11.2. The molecular weight excluding hydrogens is 272 g/mol. The van der Waals surface area contributed by atoms with Gasteiger partial charge in [-0.25, -0.2) is 9.78 Å². The molecule has 2 aromatic rings. The maximum Gasteiger partial charge on any atom is 0.356 e. The molecule has 108 valence electrons. The van der Waals surface area contributed by atoms with Crippen LogP contribution in [0.15, 0.2) is 30.3 Å². The van der Waals surface area contributed by atoms with Crippen LogP contribution in [-0.2, 0) is 11.3 Å². The van der Waals surface area contributed by atoms with Gasteiger partial charge in [0.2, 0.25) is 0 Å². The number of carboxylic acids is 2. The summed E-state index contributed by atoms with van der Waals surface area (Å²) in [4.78, 5) is 27.0. The number of hydrogen-bond acceptors (Lipinski definition) is 3. The second-order valence-corrected chi connectivity index (χ2v) is 5.03. The molecule has 0 saturated heterocycles. The molecule has 1 atom stereocenters. The van der Waals surface area contributed by atoms with Gasteiger partial charge in [0.05, 0.1) is 11.6 Å².